The van der Waals surface area contributed by atoms with Crippen LogP contribution in [0.1, 0.15) is 26.2 Å². The van der Waals surface area contributed by atoms with Gasteiger partial charge in [-0.15, -0.1) is 0 Å². The van der Waals surface area contributed by atoms with Gasteiger partial charge in [0.1, 0.15) is 0 Å². The van der Waals surface area contributed by atoms with Crippen LogP contribution >= 0.6 is 0 Å². The van der Waals surface area contributed by atoms with Crippen molar-refractivity contribution in [3.63, 3.8) is 0 Å². The molecule has 2 heteroatoms. The predicted molar refractivity (Wildman–Crippen MR) is 53.7 cm³/mol. The van der Waals surface area contributed by atoms with Crippen LogP contribution in [0.3, 0.4) is 0 Å². The number of aliphatic hydroxyl groups is 1. The van der Waals surface area contributed by atoms with Crippen molar-refractivity contribution >= 4 is 8.07 Å². The van der Waals surface area contributed by atoms with Gasteiger partial charge in [0.25, 0.3) is 0 Å². The van der Waals surface area contributed by atoms with Crippen LogP contribution in [-0.2, 0) is 0 Å². The number of hydrogen-bond acceptors (Lipinski definition) is 1. The SMILES string of the molecule is CCCC[Si](C)(C)CCCO. The second kappa shape index (κ2) is 5.78. The molecule has 0 bridgehead atoms. The molecule has 0 aliphatic rings. The number of hydrogen-bond donors (Lipinski definition) is 1. The Labute approximate surface area is 71.8 Å². The first-order valence-corrected chi connectivity index (χ1v) is 8.14. The molecule has 0 aromatic rings. The monoisotopic (exact) mass is 174 g/mol. The van der Waals surface area contributed by atoms with Gasteiger partial charge in [-0.25, -0.2) is 0 Å². The minimum Gasteiger partial charge on any atom is -0.396 e. The maximum Gasteiger partial charge on any atom is 0.0474 e. The van der Waals surface area contributed by atoms with E-state index in [-0.39, 0.29) is 0 Å². The Morgan fingerprint density at radius 2 is 1.64 bits per heavy atom. The van der Waals surface area contributed by atoms with Crippen molar-refractivity contribution < 1.29 is 5.11 Å². The molecule has 0 heterocycles. The van der Waals surface area contributed by atoms with E-state index in [9.17, 15) is 0 Å². The Kier molecular flexibility index (Phi) is 5.87. The van der Waals surface area contributed by atoms with E-state index in [1.807, 2.05) is 0 Å². The maximum absolute atomic E-state index is 8.68. The molecule has 0 saturated carbocycles. The van der Waals surface area contributed by atoms with Gasteiger partial charge >= 0.3 is 0 Å². The molecule has 0 aromatic heterocycles. The lowest BCUT2D eigenvalue weighted by atomic mass is 10.4. The normalized spacial score (nSPS) is 12.0. The van der Waals surface area contributed by atoms with Crippen LogP contribution in [0.25, 0.3) is 0 Å². The number of rotatable bonds is 6. The summed E-state index contributed by atoms with van der Waals surface area (Å²) in [6.45, 7) is 7.48. The highest BCUT2D eigenvalue weighted by Gasteiger charge is 2.18. The third kappa shape index (κ3) is 6.57. The number of aliphatic hydroxyl groups excluding tert-OH is 1. The number of unbranched alkanes of at least 4 members (excludes halogenated alkanes) is 1. The minimum atomic E-state index is -0.905. The fourth-order valence-corrected chi connectivity index (χ4v) is 4.01. The molecule has 1 nitrogen and oxygen atoms in total. The molecule has 0 aliphatic carbocycles. The molecule has 0 aromatic carbocycles. The largest absolute Gasteiger partial charge is 0.396 e. The summed E-state index contributed by atoms with van der Waals surface area (Å²) in [5.41, 5.74) is 0. The summed E-state index contributed by atoms with van der Waals surface area (Å²) in [5, 5.41) is 8.68. The summed E-state index contributed by atoms with van der Waals surface area (Å²) in [5.74, 6) is 0. The molecule has 0 unspecified atom stereocenters. The van der Waals surface area contributed by atoms with Crippen LogP contribution < -0.4 is 0 Å². The van der Waals surface area contributed by atoms with Gasteiger partial charge in [-0.2, -0.15) is 0 Å². The fraction of sp³-hybridized carbons (Fsp3) is 1.00. The van der Waals surface area contributed by atoms with Crippen LogP contribution in [0.2, 0.25) is 25.2 Å². The van der Waals surface area contributed by atoms with Gasteiger partial charge in [0.15, 0.2) is 0 Å². The van der Waals surface area contributed by atoms with Gasteiger partial charge in [0.2, 0.25) is 0 Å². The molecular formula is C9H22OSi. The third-order valence-corrected chi connectivity index (χ3v) is 5.63. The van der Waals surface area contributed by atoms with E-state index in [1.54, 1.807) is 0 Å². The molecule has 0 saturated heterocycles. The van der Waals surface area contributed by atoms with E-state index in [0.29, 0.717) is 6.61 Å². The highest BCUT2D eigenvalue weighted by molar-refractivity contribution is 6.77. The zero-order valence-corrected chi connectivity index (χ0v) is 9.19. The fourth-order valence-electron chi connectivity index (χ4n) is 1.34. The first kappa shape index (κ1) is 11.2. The molecule has 0 fully saturated rings. The molecule has 0 radical (unpaired) electrons. The molecule has 0 amide bonds. The Hall–Kier alpha value is 0.177. The molecular weight excluding hydrogens is 152 g/mol. The topological polar surface area (TPSA) is 20.2 Å². The first-order chi connectivity index (χ1) is 5.12. The minimum absolute atomic E-state index is 0.378. The summed E-state index contributed by atoms with van der Waals surface area (Å²) in [6, 6.07) is 2.73. The highest BCUT2D eigenvalue weighted by Crippen LogP contribution is 2.19. The second-order valence-electron chi connectivity index (χ2n) is 4.09. The summed E-state index contributed by atoms with van der Waals surface area (Å²) in [7, 11) is -0.905. The zero-order valence-electron chi connectivity index (χ0n) is 8.19. The van der Waals surface area contributed by atoms with Crippen molar-refractivity contribution in [1.82, 2.24) is 0 Å². The summed E-state index contributed by atoms with van der Waals surface area (Å²) < 4.78 is 0. The van der Waals surface area contributed by atoms with Gasteiger partial charge in [-0.3, -0.25) is 0 Å². The second-order valence-corrected chi connectivity index (χ2v) is 9.42. The predicted octanol–water partition coefficient (Wildman–Crippen LogP) is 2.88. The third-order valence-electron chi connectivity index (χ3n) is 2.22. The Balaban J connectivity index is 3.43. The van der Waals surface area contributed by atoms with Crippen LogP contribution in [0.4, 0.5) is 0 Å². The van der Waals surface area contributed by atoms with Crippen LogP contribution in [0, 0.1) is 0 Å². The Morgan fingerprint density at radius 3 is 2.09 bits per heavy atom. The van der Waals surface area contributed by atoms with E-state index >= 15 is 0 Å². The Bertz CT molecular complexity index is 81.6. The molecule has 0 atom stereocenters. The van der Waals surface area contributed by atoms with Gasteiger partial charge in [0, 0.05) is 14.7 Å². The van der Waals surface area contributed by atoms with Crippen molar-refractivity contribution in [1.29, 1.82) is 0 Å². The zero-order chi connectivity index (χ0) is 8.74. The van der Waals surface area contributed by atoms with Crippen molar-refractivity contribution in [2.24, 2.45) is 0 Å². The smallest absolute Gasteiger partial charge is 0.0474 e. The van der Waals surface area contributed by atoms with Gasteiger partial charge in [0.05, 0.1) is 0 Å². The lowest BCUT2D eigenvalue weighted by Crippen LogP contribution is -2.24. The van der Waals surface area contributed by atoms with Crippen LogP contribution in [0.5, 0.6) is 0 Å². The van der Waals surface area contributed by atoms with E-state index < -0.39 is 8.07 Å². The van der Waals surface area contributed by atoms with Crippen molar-refractivity contribution in [2.45, 2.75) is 51.4 Å². The molecule has 0 aliphatic heterocycles. The van der Waals surface area contributed by atoms with Gasteiger partial charge in [-0.1, -0.05) is 44.9 Å². The van der Waals surface area contributed by atoms with Crippen molar-refractivity contribution in [3.8, 4) is 0 Å². The average molecular weight is 174 g/mol. The van der Waals surface area contributed by atoms with Crippen LogP contribution in [-0.4, -0.2) is 19.8 Å². The quantitative estimate of drug-likeness (QED) is 0.614. The average Bonchev–Trinajstić information content (AvgIpc) is 1.97. The molecule has 0 spiro atoms. The lowest BCUT2D eigenvalue weighted by Gasteiger charge is -2.21. The summed E-state index contributed by atoms with van der Waals surface area (Å²) in [6.07, 6.45) is 3.71. The molecule has 68 valence electrons. The van der Waals surface area contributed by atoms with E-state index in [1.165, 1.54) is 24.9 Å². The van der Waals surface area contributed by atoms with E-state index in [4.69, 9.17) is 5.11 Å². The molecule has 1 N–H and O–H groups in total. The summed E-state index contributed by atoms with van der Waals surface area (Å²) in [4.78, 5) is 0. The molecule has 0 rings (SSSR count). The van der Waals surface area contributed by atoms with E-state index in [0.717, 1.165) is 6.42 Å². The first-order valence-electron chi connectivity index (χ1n) is 4.73. The van der Waals surface area contributed by atoms with Crippen LogP contribution in [0.15, 0.2) is 0 Å². The van der Waals surface area contributed by atoms with Gasteiger partial charge in [-0.05, 0) is 6.42 Å². The Morgan fingerprint density at radius 1 is 1.09 bits per heavy atom. The van der Waals surface area contributed by atoms with Gasteiger partial charge < -0.3 is 5.11 Å². The molecule has 11 heavy (non-hydrogen) atoms. The summed E-state index contributed by atoms with van der Waals surface area (Å²) >= 11 is 0. The highest BCUT2D eigenvalue weighted by atomic mass is 28.3. The maximum atomic E-state index is 8.68. The lowest BCUT2D eigenvalue weighted by molar-refractivity contribution is 0.294. The van der Waals surface area contributed by atoms with Crippen molar-refractivity contribution in [2.75, 3.05) is 6.61 Å². The van der Waals surface area contributed by atoms with Crippen molar-refractivity contribution in [3.05, 3.63) is 0 Å². The standard InChI is InChI=1S/C9H22OSi/c1-4-5-8-11(2,3)9-6-7-10/h10H,4-9H2,1-3H3. The van der Waals surface area contributed by atoms with E-state index in [2.05, 4.69) is 20.0 Å².